The van der Waals surface area contributed by atoms with Gasteiger partial charge in [0.25, 0.3) is 0 Å². The number of sulfonamides is 1. The first-order valence-electron chi connectivity index (χ1n) is 5.78. The Labute approximate surface area is 119 Å². The molecule has 0 heterocycles. The van der Waals surface area contributed by atoms with Gasteiger partial charge in [-0.3, -0.25) is 0 Å². The molecule has 112 valence electrons. The number of hydrogen-bond acceptors (Lipinski definition) is 3. The van der Waals surface area contributed by atoms with Crippen molar-refractivity contribution >= 4 is 15.7 Å². The molecule has 0 aliphatic heterocycles. The minimum atomic E-state index is -4.17. The zero-order valence-electron chi connectivity index (χ0n) is 10.6. The number of nitrogen functional groups attached to an aromatic ring is 1. The molecule has 0 spiro atoms. The summed E-state index contributed by atoms with van der Waals surface area (Å²) in [7, 11) is -4.17. The van der Waals surface area contributed by atoms with E-state index in [1.165, 1.54) is 6.07 Å². The Morgan fingerprint density at radius 1 is 1.00 bits per heavy atom. The lowest BCUT2D eigenvalue weighted by atomic mass is 10.2. The van der Waals surface area contributed by atoms with E-state index in [9.17, 15) is 21.6 Å². The lowest BCUT2D eigenvalue weighted by Gasteiger charge is -2.09. The van der Waals surface area contributed by atoms with Crippen LogP contribution < -0.4 is 10.5 Å². The molecule has 0 radical (unpaired) electrons. The van der Waals surface area contributed by atoms with Gasteiger partial charge in [-0.05, 0) is 24.3 Å². The molecule has 2 aromatic carbocycles. The first-order valence-corrected chi connectivity index (χ1v) is 7.26. The van der Waals surface area contributed by atoms with Gasteiger partial charge in [-0.2, -0.15) is 0 Å². The van der Waals surface area contributed by atoms with Crippen molar-refractivity contribution in [1.29, 1.82) is 0 Å². The van der Waals surface area contributed by atoms with Crippen LogP contribution in [0.25, 0.3) is 0 Å². The predicted molar refractivity (Wildman–Crippen MR) is 71.2 cm³/mol. The largest absolute Gasteiger partial charge is 0.399 e. The van der Waals surface area contributed by atoms with Crippen molar-refractivity contribution in [2.24, 2.45) is 0 Å². The van der Waals surface area contributed by atoms with Crippen molar-refractivity contribution in [1.82, 2.24) is 4.72 Å². The molecule has 3 N–H and O–H groups in total. The van der Waals surface area contributed by atoms with Gasteiger partial charge >= 0.3 is 0 Å². The summed E-state index contributed by atoms with van der Waals surface area (Å²) < 4.78 is 65.6. The van der Waals surface area contributed by atoms with E-state index in [4.69, 9.17) is 5.73 Å². The number of rotatable bonds is 4. The van der Waals surface area contributed by atoms with Crippen molar-refractivity contribution in [3.63, 3.8) is 0 Å². The molecular formula is C13H11F3N2O2S. The maximum absolute atomic E-state index is 13.6. The molecule has 0 amide bonds. The summed E-state index contributed by atoms with van der Waals surface area (Å²) in [6, 6.07) is 5.84. The van der Waals surface area contributed by atoms with Crippen molar-refractivity contribution in [2.75, 3.05) is 5.73 Å². The monoisotopic (exact) mass is 316 g/mol. The normalized spacial score (nSPS) is 11.6. The molecule has 0 aliphatic carbocycles. The van der Waals surface area contributed by atoms with Gasteiger partial charge in [0, 0.05) is 23.9 Å². The van der Waals surface area contributed by atoms with Crippen LogP contribution in [0.4, 0.5) is 18.9 Å². The summed E-state index contributed by atoms with van der Waals surface area (Å²) in [4.78, 5) is -0.598. The molecule has 0 unspecified atom stereocenters. The van der Waals surface area contributed by atoms with Crippen LogP contribution >= 0.6 is 0 Å². The number of anilines is 1. The second kappa shape index (κ2) is 5.74. The Kier molecular flexibility index (Phi) is 4.19. The van der Waals surface area contributed by atoms with Crippen LogP contribution in [0.2, 0.25) is 0 Å². The van der Waals surface area contributed by atoms with Crippen molar-refractivity contribution in [3.05, 3.63) is 59.4 Å². The average Bonchev–Trinajstić information content (AvgIpc) is 2.37. The summed E-state index contributed by atoms with van der Waals surface area (Å²) in [5.41, 5.74) is 5.35. The smallest absolute Gasteiger partial charge is 0.243 e. The van der Waals surface area contributed by atoms with Crippen LogP contribution in [-0.2, 0) is 16.6 Å². The summed E-state index contributed by atoms with van der Waals surface area (Å²) in [6.45, 7) is -0.432. The maximum atomic E-state index is 13.6. The van der Waals surface area contributed by atoms with E-state index in [1.807, 2.05) is 4.72 Å². The van der Waals surface area contributed by atoms with Gasteiger partial charge in [-0.1, -0.05) is 6.07 Å². The highest BCUT2D eigenvalue weighted by Gasteiger charge is 2.19. The maximum Gasteiger partial charge on any atom is 0.243 e. The second-order valence-electron chi connectivity index (χ2n) is 4.25. The van der Waals surface area contributed by atoms with Crippen LogP contribution in [0.5, 0.6) is 0 Å². The van der Waals surface area contributed by atoms with Crippen LogP contribution in [0.3, 0.4) is 0 Å². The number of benzene rings is 2. The van der Waals surface area contributed by atoms with Gasteiger partial charge in [-0.15, -0.1) is 0 Å². The zero-order chi connectivity index (χ0) is 15.6. The quantitative estimate of drug-likeness (QED) is 0.849. The Balaban J connectivity index is 2.22. The van der Waals surface area contributed by atoms with E-state index >= 15 is 0 Å². The molecule has 0 fully saturated rings. The van der Waals surface area contributed by atoms with E-state index in [-0.39, 0.29) is 11.3 Å². The summed E-state index contributed by atoms with van der Waals surface area (Å²) >= 11 is 0. The predicted octanol–water partition coefficient (Wildman–Crippen LogP) is 2.16. The first-order chi connectivity index (χ1) is 9.79. The standard InChI is InChI=1S/C13H11F3N2O2S/c14-9-2-1-8(11(15)5-9)7-18-21(19,20)13-4-3-10(17)6-12(13)16/h1-6,18H,7,17H2. The van der Waals surface area contributed by atoms with Crippen LogP contribution in [0.1, 0.15) is 5.56 Å². The molecule has 0 saturated carbocycles. The Hall–Kier alpha value is -2.06. The van der Waals surface area contributed by atoms with E-state index in [0.29, 0.717) is 6.07 Å². The molecule has 0 atom stereocenters. The molecule has 4 nitrogen and oxygen atoms in total. The highest BCUT2D eigenvalue weighted by Crippen LogP contribution is 2.18. The molecule has 0 aromatic heterocycles. The van der Waals surface area contributed by atoms with Crippen molar-refractivity contribution in [2.45, 2.75) is 11.4 Å². The van der Waals surface area contributed by atoms with Gasteiger partial charge in [0.1, 0.15) is 22.3 Å². The Morgan fingerprint density at radius 3 is 2.33 bits per heavy atom. The molecule has 0 aliphatic rings. The van der Waals surface area contributed by atoms with E-state index < -0.39 is 38.9 Å². The third-order valence-corrected chi connectivity index (χ3v) is 4.15. The van der Waals surface area contributed by atoms with Crippen molar-refractivity contribution < 1.29 is 21.6 Å². The van der Waals surface area contributed by atoms with Gasteiger partial charge in [-0.25, -0.2) is 26.3 Å². The molecule has 0 saturated heterocycles. The molecule has 2 aromatic rings. The summed E-state index contributed by atoms with van der Waals surface area (Å²) in [5, 5.41) is 0. The highest BCUT2D eigenvalue weighted by molar-refractivity contribution is 7.89. The summed E-state index contributed by atoms with van der Waals surface area (Å²) in [6.07, 6.45) is 0. The van der Waals surface area contributed by atoms with E-state index in [2.05, 4.69) is 0 Å². The second-order valence-corrected chi connectivity index (χ2v) is 5.99. The molecule has 21 heavy (non-hydrogen) atoms. The third-order valence-electron chi connectivity index (χ3n) is 2.71. The zero-order valence-corrected chi connectivity index (χ0v) is 11.4. The number of hydrogen-bond donors (Lipinski definition) is 2. The minimum absolute atomic E-state index is 0.0594. The number of nitrogens with two attached hydrogens (primary N) is 1. The summed E-state index contributed by atoms with van der Waals surface area (Å²) in [5.74, 6) is -2.68. The fraction of sp³-hybridized carbons (Fsp3) is 0.0769. The number of halogens is 3. The van der Waals surface area contributed by atoms with Gasteiger partial charge in [0.05, 0.1) is 0 Å². The molecule has 8 heteroatoms. The highest BCUT2D eigenvalue weighted by atomic mass is 32.2. The van der Waals surface area contributed by atoms with E-state index in [1.54, 1.807) is 0 Å². The lowest BCUT2D eigenvalue weighted by molar-refractivity contribution is 0.551. The third kappa shape index (κ3) is 3.53. The van der Waals surface area contributed by atoms with Gasteiger partial charge in [0.2, 0.25) is 10.0 Å². The van der Waals surface area contributed by atoms with Gasteiger partial charge in [0.15, 0.2) is 0 Å². The van der Waals surface area contributed by atoms with Crippen LogP contribution in [0, 0.1) is 17.5 Å². The lowest BCUT2D eigenvalue weighted by Crippen LogP contribution is -2.24. The molecule has 2 rings (SSSR count). The SMILES string of the molecule is Nc1ccc(S(=O)(=O)NCc2ccc(F)cc2F)c(F)c1. The topological polar surface area (TPSA) is 72.2 Å². The van der Waals surface area contributed by atoms with Crippen LogP contribution in [-0.4, -0.2) is 8.42 Å². The first kappa shape index (κ1) is 15.3. The Morgan fingerprint density at radius 2 is 1.71 bits per heavy atom. The Bertz CT molecular complexity index is 779. The van der Waals surface area contributed by atoms with Crippen LogP contribution in [0.15, 0.2) is 41.3 Å². The van der Waals surface area contributed by atoms with Crippen molar-refractivity contribution in [3.8, 4) is 0 Å². The minimum Gasteiger partial charge on any atom is -0.399 e. The van der Waals surface area contributed by atoms with E-state index in [0.717, 1.165) is 24.3 Å². The molecular weight excluding hydrogens is 305 g/mol. The number of nitrogens with one attached hydrogen (secondary N) is 1. The fourth-order valence-electron chi connectivity index (χ4n) is 1.65. The van der Waals surface area contributed by atoms with Gasteiger partial charge < -0.3 is 5.73 Å². The average molecular weight is 316 g/mol. The molecule has 0 bridgehead atoms. The fourth-order valence-corrected chi connectivity index (χ4v) is 2.71.